The van der Waals surface area contributed by atoms with Crippen molar-refractivity contribution < 1.29 is 4.74 Å². The van der Waals surface area contributed by atoms with E-state index in [2.05, 4.69) is 36.9 Å². The molecule has 20 heavy (non-hydrogen) atoms. The van der Waals surface area contributed by atoms with Gasteiger partial charge in [-0.05, 0) is 49.0 Å². The SMILES string of the molecule is CC(C)CN(CCCN)CCc1ccc2c(c1)CCO2. The molecule has 0 atom stereocenters. The predicted molar refractivity (Wildman–Crippen MR) is 84.3 cm³/mol. The van der Waals surface area contributed by atoms with Crippen LogP contribution in [0.1, 0.15) is 31.4 Å². The molecule has 0 saturated heterocycles. The Labute approximate surface area is 123 Å². The van der Waals surface area contributed by atoms with Gasteiger partial charge in [-0.25, -0.2) is 0 Å². The molecule has 0 aromatic heterocycles. The van der Waals surface area contributed by atoms with Gasteiger partial charge in [0.1, 0.15) is 5.75 Å². The summed E-state index contributed by atoms with van der Waals surface area (Å²) in [6.45, 7) is 9.58. The van der Waals surface area contributed by atoms with Crippen LogP contribution in [-0.4, -0.2) is 37.7 Å². The lowest BCUT2D eigenvalue weighted by Gasteiger charge is -2.24. The summed E-state index contributed by atoms with van der Waals surface area (Å²) < 4.78 is 5.56. The van der Waals surface area contributed by atoms with E-state index in [0.29, 0.717) is 5.92 Å². The Balaban J connectivity index is 1.87. The Morgan fingerprint density at radius 2 is 2.15 bits per heavy atom. The zero-order chi connectivity index (χ0) is 14.4. The molecule has 1 heterocycles. The highest BCUT2D eigenvalue weighted by atomic mass is 16.5. The highest BCUT2D eigenvalue weighted by Gasteiger charge is 2.13. The molecule has 3 heteroatoms. The van der Waals surface area contributed by atoms with Gasteiger partial charge in [-0.1, -0.05) is 26.0 Å². The number of benzene rings is 1. The Hall–Kier alpha value is -1.06. The molecule has 0 spiro atoms. The fourth-order valence-electron chi connectivity index (χ4n) is 2.81. The van der Waals surface area contributed by atoms with E-state index in [9.17, 15) is 0 Å². The lowest BCUT2D eigenvalue weighted by Crippen LogP contribution is -2.32. The summed E-state index contributed by atoms with van der Waals surface area (Å²) in [6, 6.07) is 6.66. The van der Waals surface area contributed by atoms with Crippen molar-refractivity contribution in [1.29, 1.82) is 0 Å². The number of rotatable bonds is 8. The van der Waals surface area contributed by atoms with Crippen LogP contribution in [0.3, 0.4) is 0 Å². The van der Waals surface area contributed by atoms with Crippen molar-refractivity contribution in [3.63, 3.8) is 0 Å². The Morgan fingerprint density at radius 1 is 1.30 bits per heavy atom. The van der Waals surface area contributed by atoms with Crippen LogP contribution in [0.2, 0.25) is 0 Å². The number of nitrogens with two attached hydrogens (primary N) is 1. The Kier molecular flexibility index (Phi) is 5.86. The van der Waals surface area contributed by atoms with Crippen molar-refractivity contribution in [3.8, 4) is 5.75 Å². The molecule has 0 amide bonds. The summed E-state index contributed by atoms with van der Waals surface area (Å²) in [5.74, 6) is 1.79. The van der Waals surface area contributed by atoms with E-state index in [1.807, 2.05) is 0 Å². The van der Waals surface area contributed by atoms with Crippen molar-refractivity contribution in [2.45, 2.75) is 33.1 Å². The van der Waals surface area contributed by atoms with Gasteiger partial charge in [0.15, 0.2) is 0 Å². The molecule has 2 N–H and O–H groups in total. The number of fused-ring (bicyclic) bond motifs is 1. The minimum Gasteiger partial charge on any atom is -0.493 e. The smallest absolute Gasteiger partial charge is 0.122 e. The average Bonchev–Trinajstić information content (AvgIpc) is 2.88. The zero-order valence-electron chi connectivity index (χ0n) is 12.9. The maximum atomic E-state index is 5.64. The number of hydrogen-bond acceptors (Lipinski definition) is 3. The summed E-state index contributed by atoms with van der Waals surface area (Å²) in [5, 5.41) is 0. The van der Waals surface area contributed by atoms with Gasteiger partial charge in [-0.15, -0.1) is 0 Å². The molecule has 1 aliphatic heterocycles. The fraction of sp³-hybridized carbons (Fsp3) is 0.647. The third-order valence-electron chi connectivity index (χ3n) is 3.77. The summed E-state index contributed by atoms with van der Waals surface area (Å²) in [4.78, 5) is 2.54. The van der Waals surface area contributed by atoms with Crippen LogP contribution in [0.25, 0.3) is 0 Å². The second-order valence-electron chi connectivity index (χ2n) is 6.13. The molecule has 0 saturated carbocycles. The maximum absolute atomic E-state index is 5.64. The molecule has 0 fully saturated rings. The predicted octanol–water partition coefficient (Wildman–Crippen LogP) is 2.47. The average molecular weight is 276 g/mol. The van der Waals surface area contributed by atoms with Gasteiger partial charge in [0.2, 0.25) is 0 Å². The standard InChI is InChI=1S/C17H28N2O/c1-14(2)13-19(9-3-8-18)10-6-15-4-5-17-16(12-15)7-11-20-17/h4-5,12,14H,3,6-11,13,18H2,1-2H3. The molecule has 1 aromatic carbocycles. The molecule has 0 unspecified atom stereocenters. The maximum Gasteiger partial charge on any atom is 0.122 e. The van der Waals surface area contributed by atoms with E-state index < -0.39 is 0 Å². The second-order valence-corrected chi connectivity index (χ2v) is 6.13. The number of nitrogens with zero attached hydrogens (tertiary/aromatic N) is 1. The molecule has 2 rings (SSSR count). The summed E-state index contributed by atoms with van der Waals surface area (Å²) in [7, 11) is 0. The summed E-state index contributed by atoms with van der Waals surface area (Å²) in [5.41, 5.74) is 8.44. The van der Waals surface area contributed by atoms with Crippen LogP contribution in [-0.2, 0) is 12.8 Å². The first-order valence-electron chi connectivity index (χ1n) is 7.86. The topological polar surface area (TPSA) is 38.5 Å². The van der Waals surface area contributed by atoms with E-state index in [0.717, 1.165) is 57.8 Å². The van der Waals surface area contributed by atoms with Gasteiger partial charge in [0.25, 0.3) is 0 Å². The lowest BCUT2D eigenvalue weighted by molar-refractivity contribution is 0.245. The van der Waals surface area contributed by atoms with Crippen molar-refractivity contribution in [3.05, 3.63) is 29.3 Å². The lowest BCUT2D eigenvalue weighted by atomic mass is 10.1. The largest absolute Gasteiger partial charge is 0.493 e. The monoisotopic (exact) mass is 276 g/mol. The van der Waals surface area contributed by atoms with Crippen LogP contribution in [0, 0.1) is 5.92 Å². The van der Waals surface area contributed by atoms with Crippen molar-refractivity contribution >= 4 is 0 Å². The first-order valence-corrected chi connectivity index (χ1v) is 7.86. The molecule has 112 valence electrons. The molecule has 0 aliphatic carbocycles. The molecular formula is C17H28N2O. The van der Waals surface area contributed by atoms with Gasteiger partial charge in [-0.2, -0.15) is 0 Å². The second kappa shape index (κ2) is 7.65. The molecule has 0 bridgehead atoms. The van der Waals surface area contributed by atoms with Crippen molar-refractivity contribution in [2.24, 2.45) is 11.7 Å². The number of hydrogen-bond donors (Lipinski definition) is 1. The van der Waals surface area contributed by atoms with Crippen LogP contribution in [0.5, 0.6) is 5.75 Å². The highest BCUT2D eigenvalue weighted by molar-refractivity contribution is 5.39. The van der Waals surface area contributed by atoms with Gasteiger partial charge in [0.05, 0.1) is 6.61 Å². The minimum absolute atomic E-state index is 0.709. The van der Waals surface area contributed by atoms with Crippen LogP contribution in [0.15, 0.2) is 18.2 Å². The molecular weight excluding hydrogens is 248 g/mol. The van der Waals surface area contributed by atoms with Crippen LogP contribution in [0.4, 0.5) is 0 Å². The Bertz CT molecular complexity index is 417. The molecule has 1 aromatic rings. The van der Waals surface area contributed by atoms with Crippen molar-refractivity contribution in [1.82, 2.24) is 4.90 Å². The molecule has 0 radical (unpaired) electrons. The highest BCUT2D eigenvalue weighted by Crippen LogP contribution is 2.26. The van der Waals surface area contributed by atoms with Crippen LogP contribution >= 0.6 is 0 Å². The normalized spacial score (nSPS) is 13.8. The first kappa shape index (κ1) is 15.3. The van der Waals surface area contributed by atoms with Crippen molar-refractivity contribution in [2.75, 3.05) is 32.8 Å². The van der Waals surface area contributed by atoms with Gasteiger partial charge < -0.3 is 15.4 Å². The summed E-state index contributed by atoms with van der Waals surface area (Å²) >= 11 is 0. The molecule has 1 aliphatic rings. The van der Waals surface area contributed by atoms with Gasteiger partial charge >= 0.3 is 0 Å². The van der Waals surface area contributed by atoms with Gasteiger partial charge in [0, 0.05) is 19.5 Å². The van der Waals surface area contributed by atoms with E-state index in [4.69, 9.17) is 10.5 Å². The Morgan fingerprint density at radius 3 is 2.90 bits per heavy atom. The molecule has 3 nitrogen and oxygen atoms in total. The minimum atomic E-state index is 0.709. The quantitative estimate of drug-likeness (QED) is 0.793. The third kappa shape index (κ3) is 4.50. The first-order chi connectivity index (χ1) is 9.69. The number of ether oxygens (including phenoxy) is 1. The van der Waals surface area contributed by atoms with E-state index in [1.54, 1.807) is 0 Å². The van der Waals surface area contributed by atoms with E-state index in [1.165, 1.54) is 11.1 Å². The van der Waals surface area contributed by atoms with E-state index >= 15 is 0 Å². The van der Waals surface area contributed by atoms with Gasteiger partial charge in [-0.3, -0.25) is 0 Å². The third-order valence-corrected chi connectivity index (χ3v) is 3.77. The summed E-state index contributed by atoms with van der Waals surface area (Å²) in [6.07, 6.45) is 3.27. The van der Waals surface area contributed by atoms with Crippen LogP contribution < -0.4 is 10.5 Å². The van der Waals surface area contributed by atoms with E-state index in [-0.39, 0.29) is 0 Å². The zero-order valence-corrected chi connectivity index (χ0v) is 12.9. The fourth-order valence-corrected chi connectivity index (χ4v) is 2.81.